The highest BCUT2D eigenvalue weighted by atomic mass is 32.2. The van der Waals surface area contributed by atoms with E-state index in [1.165, 1.54) is 0 Å². The molecule has 1 aliphatic rings. The molecular formula is C28H36N4O4S. The molecule has 3 heterocycles. The molecular weight excluding hydrogens is 488 g/mol. The summed E-state index contributed by atoms with van der Waals surface area (Å²) in [6, 6.07) is 11.5. The number of aromatic nitrogens is 2. The number of carbonyl (C=O) groups is 2. The van der Waals surface area contributed by atoms with Crippen molar-refractivity contribution >= 4 is 29.4 Å². The number of methoxy groups -OCH3 is 1. The van der Waals surface area contributed by atoms with Gasteiger partial charge in [-0.3, -0.25) is 14.5 Å². The molecule has 2 aromatic heterocycles. The summed E-state index contributed by atoms with van der Waals surface area (Å²) in [6.45, 7) is 12.7. The molecule has 1 aromatic carbocycles. The quantitative estimate of drug-likeness (QED) is 0.487. The van der Waals surface area contributed by atoms with Crippen LogP contribution in [0.25, 0.3) is 0 Å². The summed E-state index contributed by atoms with van der Waals surface area (Å²) in [6.07, 6.45) is 1.57. The number of nitrogens with one attached hydrogen (secondary N) is 1. The van der Waals surface area contributed by atoms with Crippen LogP contribution in [0.1, 0.15) is 69.4 Å². The zero-order valence-electron chi connectivity index (χ0n) is 22.6. The average Bonchev–Trinajstić information content (AvgIpc) is 3.47. The van der Waals surface area contributed by atoms with Gasteiger partial charge in [0.2, 0.25) is 11.8 Å². The lowest BCUT2D eigenvalue weighted by atomic mass is 9.87. The Balaban J connectivity index is 1.87. The van der Waals surface area contributed by atoms with Gasteiger partial charge in [-0.25, -0.2) is 4.68 Å². The van der Waals surface area contributed by atoms with E-state index in [0.29, 0.717) is 11.6 Å². The van der Waals surface area contributed by atoms with E-state index >= 15 is 0 Å². The Kier molecular flexibility index (Phi) is 7.46. The lowest BCUT2D eigenvalue weighted by Crippen LogP contribution is -2.43. The van der Waals surface area contributed by atoms with Gasteiger partial charge >= 0.3 is 0 Å². The van der Waals surface area contributed by atoms with Gasteiger partial charge in [0, 0.05) is 16.5 Å². The summed E-state index contributed by atoms with van der Waals surface area (Å²) < 4.78 is 13.0. The van der Waals surface area contributed by atoms with Crippen LogP contribution >= 0.6 is 11.8 Å². The molecule has 9 heteroatoms. The molecule has 1 aliphatic heterocycles. The molecule has 2 amide bonds. The second kappa shape index (κ2) is 10.3. The normalized spacial score (nSPS) is 16.4. The first-order valence-corrected chi connectivity index (χ1v) is 13.4. The highest BCUT2D eigenvalue weighted by Gasteiger charge is 2.42. The molecule has 8 nitrogen and oxygen atoms in total. The first-order valence-electron chi connectivity index (χ1n) is 12.4. The minimum absolute atomic E-state index is 0.114. The van der Waals surface area contributed by atoms with Crippen molar-refractivity contribution in [2.24, 2.45) is 0 Å². The Morgan fingerprint density at radius 1 is 1.16 bits per heavy atom. The Bertz CT molecular complexity index is 1270. The fourth-order valence-electron chi connectivity index (χ4n) is 4.47. The van der Waals surface area contributed by atoms with Crippen LogP contribution in [0.2, 0.25) is 0 Å². The zero-order valence-corrected chi connectivity index (χ0v) is 23.4. The van der Waals surface area contributed by atoms with Gasteiger partial charge in [0.25, 0.3) is 0 Å². The van der Waals surface area contributed by atoms with Gasteiger partial charge in [0.05, 0.1) is 42.2 Å². The fraction of sp³-hybridized carbons (Fsp3) is 0.464. The van der Waals surface area contributed by atoms with E-state index in [1.807, 2.05) is 28.9 Å². The average molecular weight is 525 g/mol. The fourth-order valence-corrected chi connectivity index (χ4v) is 5.69. The van der Waals surface area contributed by atoms with Crippen LogP contribution in [-0.2, 0) is 27.1 Å². The summed E-state index contributed by atoms with van der Waals surface area (Å²) in [5.74, 6) is 1.88. The standard InChI is InChI=1S/C28H36N4O4S/c1-27(2,3)25-23-24(19-12-8-9-13-20(19)35-7)37-17-22(34)31(26(23)32(30-25)28(4,5)6)16-21(33)29-15-18-11-10-14-36-18/h8-14,24H,15-17H2,1-7H3,(H,29,33)/t24-/m1/s1. The highest BCUT2D eigenvalue weighted by Crippen LogP contribution is 2.50. The van der Waals surface area contributed by atoms with Crippen molar-refractivity contribution in [2.75, 3.05) is 24.3 Å². The van der Waals surface area contributed by atoms with Crippen LogP contribution in [-0.4, -0.2) is 41.0 Å². The third-order valence-electron chi connectivity index (χ3n) is 6.20. The van der Waals surface area contributed by atoms with E-state index in [1.54, 1.807) is 42.2 Å². The number of fused-ring (bicyclic) bond motifs is 1. The first-order chi connectivity index (χ1) is 17.4. The zero-order chi connectivity index (χ0) is 27.0. The lowest BCUT2D eigenvalue weighted by Gasteiger charge is -2.29. The highest BCUT2D eigenvalue weighted by molar-refractivity contribution is 8.00. The number of hydrogen-bond acceptors (Lipinski definition) is 6. The summed E-state index contributed by atoms with van der Waals surface area (Å²) in [5.41, 5.74) is 2.09. The number of hydrogen-bond donors (Lipinski definition) is 1. The maximum Gasteiger partial charge on any atom is 0.240 e. The second-order valence-corrected chi connectivity index (χ2v) is 12.3. The van der Waals surface area contributed by atoms with Crippen molar-refractivity contribution in [3.63, 3.8) is 0 Å². The lowest BCUT2D eigenvalue weighted by molar-refractivity contribution is -0.123. The minimum atomic E-state index is -0.433. The number of thioether (sulfide) groups is 1. The molecule has 0 saturated heterocycles. The molecule has 37 heavy (non-hydrogen) atoms. The van der Waals surface area contributed by atoms with Crippen molar-refractivity contribution in [3.05, 3.63) is 65.2 Å². The molecule has 0 spiro atoms. The van der Waals surface area contributed by atoms with Gasteiger partial charge in [-0.2, -0.15) is 5.10 Å². The van der Waals surface area contributed by atoms with E-state index < -0.39 is 5.54 Å². The van der Waals surface area contributed by atoms with Gasteiger partial charge in [-0.15, -0.1) is 11.8 Å². The van der Waals surface area contributed by atoms with Crippen molar-refractivity contribution < 1.29 is 18.7 Å². The molecule has 0 bridgehead atoms. The number of furan rings is 1. The predicted octanol–water partition coefficient (Wildman–Crippen LogP) is 5.02. The number of para-hydroxylation sites is 1. The van der Waals surface area contributed by atoms with E-state index in [-0.39, 0.29) is 41.3 Å². The monoisotopic (exact) mass is 524 g/mol. The van der Waals surface area contributed by atoms with Crippen LogP contribution in [0.4, 0.5) is 5.82 Å². The Morgan fingerprint density at radius 2 is 1.89 bits per heavy atom. The molecule has 4 rings (SSSR count). The molecule has 1 atom stereocenters. The number of nitrogens with zero attached hydrogens (tertiary/aromatic N) is 3. The maximum atomic E-state index is 13.6. The van der Waals surface area contributed by atoms with Gasteiger partial charge in [-0.1, -0.05) is 39.0 Å². The smallest absolute Gasteiger partial charge is 0.240 e. The molecule has 1 N–H and O–H groups in total. The third kappa shape index (κ3) is 5.56. The van der Waals surface area contributed by atoms with E-state index in [4.69, 9.17) is 14.3 Å². The van der Waals surface area contributed by atoms with Crippen LogP contribution in [0.3, 0.4) is 0 Å². The molecule has 0 saturated carbocycles. The number of ether oxygens (including phenoxy) is 1. The number of anilines is 1. The number of benzene rings is 1. The number of amides is 2. The van der Waals surface area contributed by atoms with Gasteiger partial charge in [0.15, 0.2) is 0 Å². The third-order valence-corrected chi connectivity index (χ3v) is 7.43. The molecule has 3 aromatic rings. The topological polar surface area (TPSA) is 89.6 Å². The van der Waals surface area contributed by atoms with Gasteiger partial charge in [-0.05, 0) is 39.0 Å². The molecule has 0 fully saturated rings. The molecule has 0 aliphatic carbocycles. The van der Waals surface area contributed by atoms with E-state index in [9.17, 15) is 9.59 Å². The van der Waals surface area contributed by atoms with Crippen LogP contribution < -0.4 is 15.0 Å². The van der Waals surface area contributed by atoms with Crippen LogP contribution in [0, 0.1) is 0 Å². The Hall–Kier alpha value is -3.20. The first kappa shape index (κ1) is 26.9. The summed E-state index contributed by atoms with van der Waals surface area (Å²) in [7, 11) is 1.66. The molecule has 198 valence electrons. The minimum Gasteiger partial charge on any atom is -0.496 e. The number of carbonyl (C=O) groups excluding carboxylic acids is 2. The summed E-state index contributed by atoms with van der Waals surface area (Å²) in [4.78, 5) is 28.3. The predicted molar refractivity (Wildman–Crippen MR) is 146 cm³/mol. The summed E-state index contributed by atoms with van der Waals surface area (Å²) in [5, 5.41) is 7.79. The van der Waals surface area contributed by atoms with Crippen molar-refractivity contribution in [2.45, 2.75) is 64.3 Å². The maximum absolute atomic E-state index is 13.6. The number of rotatable bonds is 6. The van der Waals surface area contributed by atoms with Crippen LogP contribution in [0.15, 0.2) is 47.1 Å². The van der Waals surface area contributed by atoms with Crippen molar-refractivity contribution in [3.8, 4) is 5.75 Å². The Morgan fingerprint density at radius 3 is 2.51 bits per heavy atom. The second-order valence-electron chi connectivity index (χ2n) is 11.2. The van der Waals surface area contributed by atoms with Crippen LogP contribution in [0.5, 0.6) is 5.75 Å². The van der Waals surface area contributed by atoms with Gasteiger partial charge < -0.3 is 14.5 Å². The van der Waals surface area contributed by atoms with E-state index in [0.717, 1.165) is 22.6 Å². The SMILES string of the molecule is COc1ccccc1[C@H]1SCC(=O)N(CC(=O)NCc2ccco2)c2c1c(C(C)(C)C)nn2C(C)(C)C. The Labute approximate surface area is 222 Å². The molecule has 0 radical (unpaired) electrons. The van der Waals surface area contributed by atoms with E-state index in [2.05, 4.69) is 46.9 Å². The van der Waals surface area contributed by atoms with Crippen molar-refractivity contribution in [1.29, 1.82) is 0 Å². The summed E-state index contributed by atoms with van der Waals surface area (Å²) >= 11 is 1.54. The molecule has 0 unspecified atom stereocenters. The largest absolute Gasteiger partial charge is 0.496 e. The van der Waals surface area contributed by atoms with Crippen molar-refractivity contribution in [1.82, 2.24) is 15.1 Å². The van der Waals surface area contributed by atoms with Gasteiger partial charge in [0.1, 0.15) is 23.9 Å².